The summed E-state index contributed by atoms with van der Waals surface area (Å²) in [7, 11) is 0. The first-order valence-corrected chi connectivity index (χ1v) is 12.3. The number of benzene rings is 3. The second-order valence-corrected chi connectivity index (χ2v) is 9.92. The highest BCUT2D eigenvalue weighted by Gasteiger charge is 2.28. The monoisotopic (exact) mass is 516 g/mol. The number of thiophene rings is 1. The summed E-state index contributed by atoms with van der Waals surface area (Å²) in [6, 6.07) is 23.1. The molecule has 4 aromatic rings. The summed E-state index contributed by atoms with van der Waals surface area (Å²) >= 11 is 5.20. The number of rotatable bonds is 6. The molecular formula is C27H21BrN2O2S. The highest BCUT2D eigenvalue weighted by atomic mass is 79.9. The predicted molar refractivity (Wildman–Crippen MR) is 136 cm³/mol. The van der Waals surface area contributed by atoms with Gasteiger partial charge < -0.3 is 10.6 Å². The Bertz CT molecular complexity index is 1350. The van der Waals surface area contributed by atoms with Crippen LogP contribution >= 0.6 is 27.3 Å². The Balaban J connectivity index is 1.28. The van der Waals surface area contributed by atoms with Crippen LogP contribution in [0.2, 0.25) is 0 Å². The van der Waals surface area contributed by atoms with Gasteiger partial charge in [-0.2, -0.15) is 0 Å². The van der Waals surface area contributed by atoms with Crippen molar-refractivity contribution in [1.82, 2.24) is 4.90 Å². The molecular weight excluding hydrogens is 496 g/mol. The summed E-state index contributed by atoms with van der Waals surface area (Å²) in [5.74, 6) is 0.0534. The number of hydrogen-bond donors (Lipinski definition) is 1. The zero-order valence-corrected chi connectivity index (χ0v) is 20.2. The van der Waals surface area contributed by atoms with Gasteiger partial charge in [0.1, 0.15) is 0 Å². The topological polar surface area (TPSA) is 63.4 Å². The maximum absolute atomic E-state index is 12.9. The first kappa shape index (κ1) is 21.6. The van der Waals surface area contributed by atoms with E-state index in [1.165, 1.54) is 0 Å². The van der Waals surface area contributed by atoms with Crippen LogP contribution in [0.25, 0.3) is 10.4 Å². The molecule has 164 valence electrons. The molecule has 3 aromatic carbocycles. The van der Waals surface area contributed by atoms with Crippen LogP contribution in [0.5, 0.6) is 0 Å². The third kappa shape index (κ3) is 4.36. The first-order chi connectivity index (χ1) is 16.0. The van der Waals surface area contributed by atoms with Crippen LogP contribution in [0.3, 0.4) is 0 Å². The van der Waals surface area contributed by atoms with E-state index >= 15 is 0 Å². The minimum atomic E-state index is 0.0187. The van der Waals surface area contributed by atoms with Gasteiger partial charge in [0.15, 0.2) is 5.78 Å². The molecule has 0 bridgehead atoms. The lowest BCUT2D eigenvalue weighted by Crippen LogP contribution is -2.23. The first-order valence-electron chi connectivity index (χ1n) is 10.6. The van der Waals surface area contributed by atoms with Gasteiger partial charge in [-0.15, -0.1) is 11.3 Å². The number of carbonyl (C=O) groups is 2. The standard InChI is InChI=1S/C27H21BrN2O2S/c28-23-4-1-3-21-22(23)16-30(27(21)32)15-17-6-8-18(9-7-17)25(31)14-20-13-19(10-11-24(20)29)26-5-2-12-33-26/h1-13H,14-16,29H2. The van der Waals surface area contributed by atoms with Crippen LogP contribution < -0.4 is 5.73 Å². The zero-order valence-electron chi connectivity index (χ0n) is 17.8. The molecule has 4 nitrogen and oxygen atoms in total. The maximum Gasteiger partial charge on any atom is 0.254 e. The normalized spacial score (nSPS) is 12.8. The van der Waals surface area contributed by atoms with Gasteiger partial charge in [-0.05, 0) is 58.0 Å². The third-order valence-electron chi connectivity index (χ3n) is 5.93. The van der Waals surface area contributed by atoms with Crippen LogP contribution in [0.1, 0.15) is 37.4 Å². The average Bonchev–Trinajstić information content (AvgIpc) is 3.46. The number of anilines is 1. The second-order valence-electron chi connectivity index (χ2n) is 8.11. The summed E-state index contributed by atoms with van der Waals surface area (Å²) in [6.07, 6.45) is 0.248. The van der Waals surface area contributed by atoms with Crippen LogP contribution in [0, 0.1) is 0 Å². The van der Waals surface area contributed by atoms with Gasteiger partial charge >= 0.3 is 0 Å². The van der Waals surface area contributed by atoms with Crippen molar-refractivity contribution in [1.29, 1.82) is 0 Å². The summed E-state index contributed by atoms with van der Waals surface area (Å²) < 4.78 is 0.958. The third-order valence-corrected chi connectivity index (χ3v) is 7.60. The molecule has 33 heavy (non-hydrogen) atoms. The minimum Gasteiger partial charge on any atom is -0.398 e. The summed E-state index contributed by atoms with van der Waals surface area (Å²) in [6.45, 7) is 1.08. The molecule has 1 aromatic heterocycles. The molecule has 0 atom stereocenters. The summed E-state index contributed by atoms with van der Waals surface area (Å²) in [4.78, 5) is 28.6. The SMILES string of the molecule is Nc1ccc(-c2cccs2)cc1CC(=O)c1ccc(CN2Cc3c(Br)cccc3C2=O)cc1. The Morgan fingerprint density at radius 2 is 1.85 bits per heavy atom. The van der Waals surface area contributed by atoms with E-state index in [-0.39, 0.29) is 18.1 Å². The molecule has 0 fully saturated rings. The van der Waals surface area contributed by atoms with E-state index < -0.39 is 0 Å². The summed E-state index contributed by atoms with van der Waals surface area (Å²) in [5.41, 5.74) is 12.1. The quantitative estimate of drug-likeness (QED) is 0.240. The number of nitrogens with zero attached hydrogens (tertiary/aromatic N) is 1. The number of ketones is 1. The fraction of sp³-hybridized carbons (Fsp3) is 0.111. The van der Waals surface area contributed by atoms with Crippen LogP contribution in [-0.4, -0.2) is 16.6 Å². The molecule has 1 aliphatic heterocycles. The van der Waals surface area contributed by atoms with E-state index in [0.717, 1.165) is 37.2 Å². The van der Waals surface area contributed by atoms with E-state index in [4.69, 9.17) is 5.73 Å². The van der Waals surface area contributed by atoms with E-state index in [1.807, 2.05) is 77.0 Å². The Hall–Kier alpha value is -3.22. The van der Waals surface area contributed by atoms with Gasteiger partial charge in [0.25, 0.3) is 5.91 Å². The lowest BCUT2D eigenvalue weighted by Gasteiger charge is -2.16. The molecule has 1 aliphatic rings. The number of nitrogens with two attached hydrogens (primary N) is 1. The van der Waals surface area contributed by atoms with Crippen molar-refractivity contribution >= 4 is 44.6 Å². The lowest BCUT2D eigenvalue weighted by atomic mass is 9.98. The second kappa shape index (κ2) is 8.96. The smallest absolute Gasteiger partial charge is 0.254 e. The van der Waals surface area contributed by atoms with Crippen LogP contribution in [0.4, 0.5) is 5.69 Å². The minimum absolute atomic E-state index is 0.0187. The van der Waals surface area contributed by atoms with Gasteiger partial charge in [0.2, 0.25) is 0 Å². The maximum atomic E-state index is 12.9. The van der Waals surface area contributed by atoms with Gasteiger partial charge in [-0.25, -0.2) is 0 Å². The van der Waals surface area contributed by atoms with E-state index in [0.29, 0.717) is 24.3 Å². The molecule has 1 amide bonds. The molecule has 0 radical (unpaired) electrons. The fourth-order valence-corrected chi connectivity index (χ4v) is 5.34. The molecule has 0 saturated carbocycles. The Kier molecular flexibility index (Phi) is 5.87. The van der Waals surface area contributed by atoms with Crippen molar-refractivity contribution in [2.24, 2.45) is 0 Å². The molecule has 0 unspecified atom stereocenters. The van der Waals surface area contributed by atoms with Crippen molar-refractivity contribution < 1.29 is 9.59 Å². The average molecular weight is 517 g/mol. The molecule has 5 rings (SSSR count). The molecule has 6 heteroatoms. The lowest BCUT2D eigenvalue weighted by molar-refractivity contribution is 0.0766. The summed E-state index contributed by atoms with van der Waals surface area (Å²) in [5, 5.41) is 2.03. The van der Waals surface area contributed by atoms with Gasteiger partial charge in [0.05, 0.1) is 0 Å². The Labute approximate surface area is 204 Å². The van der Waals surface area contributed by atoms with E-state index in [9.17, 15) is 9.59 Å². The van der Waals surface area contributed by atoms with Gasteiger partial charge in [-0.1, -0.05) is 58.4 Å². The molecule has 0 aliphatic carbocycles. The van der Waals surface area contributed by atoms with Crippen molar-refractivity contribution in [3.8, 4) is 10.4 Å². The molecule has 0 spiro atoms. The number of amides is 1. The van der Waals surface area contributed by atoms with Crippen LogP contribution in [-0.2, 0) is 19.5 Å². The number of nitrogen functional groups attached to an aromatic ring is 1. The largest absolute Gasteiger partial charge is 0.398 e. The zero-order chi connectivity index (χ0) is 22.9. The van der Waals surface area contributed by atoms with Crippen LogP contribution in [0.15, 0.2) is 82.6 Å². The molecule has 0 saturated heterocycles. The van der Waals surface area contributed by atoms with Crippen molar-refractivity contribution in [3.05, 3.63) is 110 Å². The molecule has 2 N–H and O–H groups in total. The predicted octanol–water partition coefficient (Wildman–Crippen LogP) is 6.34. The Morgan fingerprint density at radius 1 is 1.03 bits per heavy atom. The van der Waals surface area contributed by atoms with E-state index in [1.54, 1.807) is 11.3 Å². The highest BCUT2D eigenvalue weighted by molar-refractivity contribution is 9.10. The highest BCUT2D eigenvalue weighted by Crippen LogP contribution is 2.31. The number of fused-ring (bicyclic) bond motifs is 1. The fourth-order valence-electron chi connectivity index (χ4n) is 4.13. The van der Waals surface area contributed by atoms with Gasteiger partial charge in [0, 0.05) is 45.7 Å². The van der Waals surface area contributed by atoms with Crippen molar-refractivity contribution in [3.63, 3.8) is 0 Å². The number of halogens is 1. The number of Topliss-reactive ketones (excluding diaryl/α,β-unsaturated/α-hetero) is 1. The van der Waals surface area contributed by atoms with Crippen molar-refractivity contribution in [2.45, 2.75) is 19.5 Å². The Morgan fingerprint density at radius 3 is 2.58 bits per heavy atom. The number of carbonyl (C=O) groups excluding carboxylic acids is 2. The van der Waals surface area contributed by atoms with Gasteiger partial charge in [-0.3, -0.25) is 9.59 Å². The van der Waals surface area contributed by atoms with E-state index in [2.05, 4.69) is 22.0 Å². The van der Waals surface area contributed by atoms with Crippen molar-refractivity contribution in [2.75, 3.05) is 5.73 Å². The molecule has 2 heterocycles. The number of hydrogen-bond acceptors (Lipinski definition) is 4.